The quantitative estimate of drug-likeness (QED) is 0.0931. The van der Waals surface area contributed by atoms with Crippen LogP contribution in [0.15, 0.2) is 24.3 Å². The Morgan fingerprint density at radius 2 is 1.18 bits per heavy atom. The number of nitrogens with zero attached hydrogens (tertiary/aromatic N) is 3. The van der Waals surface area contributed by atoms with Gasteiger partial charge < -0.3 is 20.4 Å². The number of nitrogens with one attached hydrogen (secondary N) is 3. The highest BCUT2D eigenvalue weighted by atomic mass is 32.1. The van der Waals surface area contributed by atoms with Crippen LogP contribution >= 0.6 is 22.7 Å². The summed E-state index contributed by atoms with van der Waals surface area (Å²) in [4.78, 5) is 60.1. The third-order valence-electron chi connectivity index (χ3n) is 5.83. The van der Waals surface area contributed by atoms with Crippen molar-refractivity contribution in [1.82, 2.24) is 20.5 Å². The summed E-state index contributed by atoms with van der Waals surface area (Å²) in [6.45, 7) is 15.4. The van der Waals surface area contributed by atoms with Crippen molar-refractivity contribution in [1.29, 1.82) is 0 Å². The van der Waals surface area contributed by atoms with Crippen LogP contribution in [0.5, 0.6) is 0 Å². The number of hydrogen-bond acceptors (Lipinski definition) is 14. The van der Waals surface area contributed by atoms with E-state index in [-0.39, 0.29) is 33.2 Å². The Hall–Kier alpha value is -4.00. The SMILES string of the molecule is C.C.Cc1sc(NC(=O)OC(C)(C)C)nc1CCN.Cc1sc(NC(=O)OC(C)(C)C)nc1CCN1C(=O)c2ccccc2C1=O.NNO. The molecule has 0 radical (unpaired) electrons. The number of carbonyl (C=O) groups is 4. The van der Waals surface area contributed by atoms with Crippen molar-refractivity contribution in [2.24, 2.45) is 11.6 Å². The van der Waals surface area contributed by atoms with Crippen molar-refractivity contribution in [2.45, 2.75) is 94.3 Å². The molecule has 8 N–H and O–H groups in total. The molecule has 0 saturated carbocycles. The van der Waals surface area contributed by atoms with Crippen molar-refractivity contribution in [2.75, 3.05) is 23.7 Å². The van der Waals surface area contributed by atoms with Crippen LogP contribution in [-0.4, -0.2) is 68.4 Å². The van der Waals surface area contributed by atoms with Gasteiger partial charge in [-0.3, -0.25) is 25.1 Å². The van der Waals surface area contributed by atoms with Crippen molar-refractivity contribution >= 4 is 56.9 Å². The second-order valence-corrected chi connectivity index (χ2v) is 14.4. The van der Waals surface area contributed by atoms with Gasteiger partial charge in [-0.05, 0) is 74.1 Å². The molecule has 49 heavy (non-hydrogen) atoms. The highest BCUT2D eigenvalue weighted by Crippen LogP contribution is 2.26. The highest BCUT2D eigenvalue weighted by Gasteiger charge is 2.35. The molecule has 0 atom stereocenters. The van der Waals surface area contributed by atoms with Crippen molar-refractivity contribution in [3.8, 4) is 0 Å². The molecule has 0 aliphatic carbocycles. The number of aryl methyl sites for hydroxylation is 2. The van der Waals surface area contributed by atoms with Gasteiger partial charge in [0, 0.05) is 29.1 Å². The van der Waals surface area contributed by atoms with E-state index in [4.69, 9.17) is 20.4 Å². The summed E-state index contributed by atoms with van der Waals surface area (Å²) in [7, 11) is 0. The average molecular weight is 725 g/mol. The van der Waals surface area contributed by atoms with Gasteiger partial charge in [0.05, 0.1) is 22.5 Å². The van der Waals surface area contributed by atoms with Gasteiger partial charge in [-0.1, -0.05) is 27.0 Å². The van der Waals surface area contributed by atoms with Crippen LogP contribution in [0.4, 0.5) is 19.9 Å². The molecule has 0 unspecified atom stereocenters. The number of amides is 4. The van der Waals surface area contributed by atoms with Crippen molar-refractivity contribution in [3.05, 3.63) is 56.5 Å². The van der Waals surface area contributed by atoms with Gasteiger partial charge >= 0.3 is 12.2 Å². The van der Waals surface area contributed by atoms with Crippen LogP contribution < -0.4 is 27.8 Å². The number of anilines is 2. The van der Waals surface area contributed by atoms with Gasteiger partial charge in [-0.2, -0.15) is 0 Å². The first-order valence-corrected chi connectivity index (χ1v) is 16.2. The number of hydrazine groups is 1. The summed E-state index contributed by atoms with van der Waals surface area (Å²) in [6.07, 6.45) is 0.0935. The van der Waals surface area contributed by atoms with Gasteiger partial charge in [0.1, 0.15) is 11.2 Å². The number of aromatic nitrogens is 2. The molecule has 1 aromatic carbocycles. The number of benzene rings is 1. The molecular formula is C32H52N8O7S2. The van der Waals surface area contributed by atoms with Crippen molar-refractivity contribution < 1.29 is 33.9 Å². The van der Waals surface area contributed by atoms with E-state index < -0.39 is 23.4 Å². The number of thiazole rings is 2. The van der Waals surface area contributed by atoms with Gasteiger partial charge in [0.15, 0.2) is 10.3 Å². The molecule has 1 aliphatic heterocycles. The summed E-state index contributed by atoms with van der Waals surface area (Å²) >= 11 is 2.76. The molecule has 1 aliphatic rings. The summed E-state index contributed by atoms with van der Waals surface area (Å²) in [5.74, 6) is 3.59. The van der Waals surface area contributed by atoms with Crippen LogP contribution in [0, 0.1) is 13.8 Å². The Kier molecular flexibility index (Phi) is 18.2. The number of rotatable bonds is 7. The number of carbonyl (C=O) groups excluding carboxylic acids is 4. The zero-order valence-electron chi connectivity index (χ0n) is 27.8. The minimum atomic E-state index is -0.593. The number of nitrogens with two attached hydrogens (primary N) is 2. The largest absolute Gasteiger partial charge is 0.444 e. The molecule has 15 nitrogen and oxygen atoms in total. The molecule has 4 amide bonds. The minimum Gasteiger partial charge on any atom is -0.444 e. The summed E-state index contributed by atoms with van der Waals surface area (Å²) in [5.41, 5.74) is 8.17. The lowest BCUT2D eigenvalue weighted by molar-refractivity contribution is 0.0624. The van der Waals surface area contributed by atoms with E-state index in [2.05, 4.69) is 26.4 Å². The topological polar surface area (TPSA) is 224 Å². The Balaban J connectivity index is 0.000000909. The van der Waals surface area contributed by atoms with Gasteiger partial charge in [0.2, 0.25) is 0 Å². The fourth-order valence-electron chi connectivity index (χ4n) is 4.01. The van der Waals surface area contributed by atoms with Gasteiger partial charge in [-0.15, -0.1) is 28.3 Å². The van der Waals surface area contributed by atoms with Gasteiger partial charge in [-0.25, -0.2) is 25.4 Å². The maximum Gasteiger partial charge on any atom is 0.413 e. The molecular weight excluding hydrogens is 673 g/mol. The Bertz CT molecular complexity index is 1510. The minimum absolute atomic E-state index is 0. The van der Waals surface area contributed by atoms with E-state index in [0.29, 0.717) is 34.4 Å². The first kappa shape index (κ1) is 45.0. The van der Waals surface area contributed by atoms with Crippen LogP contribution in [-0.2, 0) is 22.3 Å². The van der Waals surface area contributed by atoms with E-state index in [1.54, 1.807) is 45.0 Å². The first-order chi connectivity index (χ1) is 21.9. The molecule has 0 saturated heterocycles. The molecule has 0 bridgehead atoms. The Labute approximate surface area is 296 Å². The first-order valence-electron chi connectivity index (χ1n) is 14.6. The van der Waals surface area contributed by atoms with E-state index in [1.165, 1.54) is 33.2 Å². The zero-order valence-corrected chi connectivity index (χ0v) is 29.5. The number of ether oxygens (including phenoxy) is 2. The monoisotopic (exact) mass is 724 g/mol. The number of fused-ring (bicyclic) bond motifs is 1. The third-order valence-corrected chi connectivity index (χ3v) is 7.69. The number of imide groups is 1. The molecule has 0 fully saturated rings. The van der Waals surface area contributed by atoms with E-state index in [9.17, 15) is 19.2 Å². The lowest BCUT2D eigenvalue weighted by Crippen LogP contribution is -2.31. The van der Waals surface area contributed by atoms with Crippen molar-refractivity contribution in [3.63, 3.8) is 0 Å². The summed E-state index contributed by atoms with van der Waals surface area (Å²) in [6, 6.07) is 6.80. The lowest BCUT2D eigenvalue weighted by atomic mass is 10.1. The van der Waals surface area contributed by atoms with Crippen LogP contribution in [0.25, 0.3) is 0 Å². The zero-order chi connectivity index (χ0) is 35.5. The fraction of sp³-hybridized carbons (Fsp3) is 0.500. The maximum atomic E-state index is 12.4. The Morgan fingerprint density at radius 1 is 0.816 bits per heavy atom. The lowest BCUT2D eigenvalue weighted by Gasteiger charge is -2.18. The Morgan fingerprint density at radius 3 is 1.53 bits per heavy atom. The summed E-state index contributed by atoms with van der Waals surface area (Å²) in [5, 5.41) is 13.3. The molecule has 4 rings (SSSR count). The molecule has 0 spiro atoms. The van der Waals surface area contributed by atoms with E-state index in [0.717, 1.165) is 27.6 Å². The average Bonchev–Trinajstić information content (AvgIpc) is 3.54. The molecule has 3 aromatic rings. The second kappa shape index (κ2) is 19.9. The number of hydrogen-bond donors (Lipinski definition) is 6. The maximum absolute atomic E-state index is 12.4. The van der Waals surface area contributed by atoms with Gasteiger partial charge in [0.25, 0.3) is 11.8 Å². The highest BCUT2D eigenvalue weighted by molar-refractivity contribution is 7.16. The molecule has 274 valence electrons. The molecule has 17 heteroatoms. The predicted octanol–water partition coefficient (Wildman–Crippen LogP) is 6.05. The van der Waals surface area contributed by atoms with Crippen LogP contribution in [0.3, 0.4) is 0 Å². The summed E-state index contributed by atoms with van der Waals surface area (Å²) < 4.78 is 10.4. The molecule has 3 heterocycles. The van der Waals surface area contributed by atoms with E-state index in [1.807, 2.05) is 34.6 Å². The third kappa shape index (κ3) is 14.6. The normalized spacial score (nSPS) is 11.9. The second-order valence-electron chi connectivity index (χ2n) is 12.0. The standard InChI is InChI=1S/C19H21N3O4S.C11H19N3O2S.2CH4.H4N2O/c1-11-14(20-17(27-11)21-18(25)26-19(2,3)4)9-10-22-15(23)12-7-5-6-8-13(12)16(22)24;1-7-8(5-6-12)13-9(17-7)14-10(15)16-11(2,3)4;;;1-2-3/h5-8H,9-10H2,1-4H3,(H,20,21,25);5-6,12H2,1-4H3,(H,13,14,15);2*1H4;2-3H,1H2. The molecule has 2 aromatic heterocycles. The van der Waals surface area contributed by atoms with Crippen LogP contribution in [0.2, 0.25) is 0 Å². The van der Waals surface area contributed by atoms with Crippen LogP contribution in [0.1, 0.15) is 98.3 Å². The van der Waals surface area contributed by atoms with E-state index >= 15 is 0 Å². The smallest absolute Gasteiger partial charge is 0.413 e. The predicted molar refractivity (Wildman–Crippen MR) is 194 cm³/mol. The fourth-order valence-corrected chi connectivity index (χ4v) is 5.70.